The molecule has 1 N–H and O–H groups in total. The minimum Gasteiger partial charge on any atom is -0.464 e. The number of carbonyl (C=O) groups excluding carboxylic acids is 2. The van der Waals surface area contributed by atoms with E-state index < -0.39 is 47.6 Å². The van der Waals surface area contributed by atoms with Gasteiger partial charge in [-0.15, -0.1) is 0 Å². The minimum atomic E-state index is -6.58. The van der Waals surface area contributed by atoms with E-state index in [-0.39, 0.29) is 19.4 Å². The van der Waals surface area contributed by atoms with E-state index in [1.165, 1.54) is 20.8 Å². The molecule has 0 radical (unpaired) electrons. The molecule has 0 saturated heterocycles. The number of hydrogen-bond donors (Lipinski definition) is 1. The Bertz CT molecular complexity index is 556. The molecular formula is C16H24F7NO4. The first-order valence-corrected chi connectivity index (χ1v) is 8.22. The number of carbonyl (C=O) groups is 2. The van der Waals surface area contributed by atoms with Crippen molar-refractivity contribution in [1.29, 1.82) is 0 Å². The van der Waals surface area contributed by atoms with E-state index in [0.29, 0.717) is 0 Å². The summed E-state index contributed by atoms with van der Waals surface area (Å²) in [4.78, 5) is 23.9. The van der Waals surface area contributed by atoms with Gasteiger partial charge in [0.1, 0.15) is 11.6 Å². The number of rotatable bonds is 7. The number of ether oxygens (including phenoxy) is 2. The van der Waals surface area contributed by atoms with Gasteiger partial charge < -0.3 is 14.8 Å². The maximum absolute atomic E-state index is 14.0. The summed E-state index contributed by atoms with van der Waals surface area (Å²) in [6, 6.07) is -2.52. The largest absolute Gasteiger partial charge is 0.464 e. The third-order valence-electron chi connectivity index (χ3n) is 3.33. The summed E-state index contributed by atoms with van der Waals surface area (Å²) in [5, 5.41) is 1.61. The van der Waals surface area contributed by atoms with Gasteiger partial charge in [0.15, 0.2) is 0 Å². The first-order valence-electron chi connectivity index (χ1n) is 8.22. The second-order valence-corrected chi connectivity index (χ2v) is 7.63. The van der Waals surface area contributed by atoms with Crippen LogP contribution in [0.1, 0.15) is 41.5 Å². The van der Waals surface area contributed by atoms with E-state index >= 15 is 0 Å². The van der Waals surface area contributed by atoms with Crippen molar-refractivity contribution in [2.45, 2.75) is 71.2 Å². The van der Waals surface area contributed by atoms with E-state index in [4.69, 9.17) is 4.74 Å². The average Bonchev–Trinajstić information content (AvgIpc) is 2.46. The lowest BCUT2D eigenvalue weighted by Gasteiger charge is -2.35. The number of esters is 1. The van der Waals surface area contributed by atoms with Crippen LogP contribution in [0.4, 0.5) is 35.5 Å². The molecule has 0 rings (SSSR count). The molecule has 2 atom stereocenters. The highest BCUT2D eigenvalue weighted by Crippen LogP contribution is 2.50. The molecule has 0 aliphatic heterocycles. The first kappa shape index (κ1) is 26.2. The fraction of sp³-hybridized carbons (Fsp3) is 0.875. The zero-order valence-electron chi connectivity index (χ0n) is 16.2. The summed E-state index contributed by atoms with van der Waals surface area (Å²) in [6.07, 6.45) is -8.04. The Balaban J connectivity index is 5.82. The molecule has 5 nitrogen and oxygen atoms in total. The van der Waals surface area contributed by atoms with Crippen molar-refractivity contribution < 1.29 is 49.8 Å². The monoisotopic (exact) mass is 427 g/mol. The van der Waals surface area contributed by atoms with Crippen LogP contribution in [0, 0.1) is 11.8 Å². The summed E-state index contributed by atoms with van der Waals surface area (Å²) in [6.45, 7) is 7.23. The van der Waals surface area contributed by atoms with Crippen LogP contribution < -0.4 is 5.32 Å². The number of amides is 1. The second kappa shape index (κ2) is 8.73. The van der Waals surface area contributed by atoms with Gasteiger partial charge in [-0.1, -0.05) is 20.8 Å². The lowest BCUT2D eigenvalue weighted by atomic mass is 9.90. The molecule has 0 spiro atoms. The lowest BCUT2D eigenvalue weighted by Crippen LogP contribution is -2.61. The van der Waals surface area contributed by atoms with Gasteiger partial charge in [-0.3, -0.25) is 0 Å². The maximum atomic E-state index is 14.0. The highest BCUT2D eigenvalue weighted by Gasteiger charge is 2.75. The quantitative estimate of drug-likeness (QED) is 0.478. The molecule has 28 heavy (non-hydrogen) atoms. The standard InChI is InChI=1S/C16H24F7NO4/c1-8(2)7-27-11(25)10(24-12(26)28-13(4,5)6)9(3)14(17,18)15(19,20)16(21,22)23/h8-10H,7H2,1-6H3,(H,24,26). The molecule has 0 bridgehead atoms. The smallest absolute Gasteiger partial charge is 0.459 e. The van der Waals surface area contributed by atoms with Gasteiger partial charge in [-0.2, -0.15) is 30.7 Å². The normalized spacial score (nSPS) is 15.8. The van der Waals surface area contributed by atoms with Crippen molar-refractivity contribution in [1.82, 2.24) is 5.32 Å². The van der Waals surface area contributed by atoms with Crippen LogP contribution in [0.3, 0.4) is 0 Å². The summed E-state index contributed by atoms with van der Waals surface area (Å²) < 4.78 is 101. The van der Waals surface area contributed by atoms with Gasteiger partial charge in [0.05, 0.1) is 12.5 Å². The van der Waals surface area contributed by atoms with Gasteiger partial charge in [0.25, 0.3) is 0 Å². The number of hydrogen-bond acceptors (Lipinski definition) is 4. The molecule has 0 aromatic carbocycles. The molecular weight excluding hydrogens is 403 g/mol. The zero-order chi connectivity index (χ0) is 22.7. The number of alkyl carbamates (subject to hydrolysis) is 1. The third kappa shape index (κ3) is 6.69. The summed E-state index contributed by atoms with van der Waals surface area (Å²) >= 11 is 0. The van der Waals surface area contributed by atoms with Crippen LogP contribution in [0.25, 0.3) is 0 Å². The van der Waals surface area contributed by atoms with Gasteiger partial charge in [-0.25, -0.2) is 9.59 Å². The van der Waals surface area contributed by atoms with Crippen LogP contribution in [-0.4, -0.2) is 48.3 Å². The number of nitrogens with one attached hydrogen (secondary N) is 1. The first-order chi connectivity index (χ1) is 12.2. The van der Waals surface area contributed by atoms with Gasteiger partial charge >= 0.3 is 30.1 Å². The van der Waals surface area contributed by atoms with Gasteiger partial charge in [0.2, 0.25) is 0 Å². The van der Waals surface area contributed by atoms with Crippen LogP contribution in [-0.2, 0) is 14.3 Å². The van der Waals surface area contributed by atoms with Crippen molar-refractivity contribution in [2.24, 2.45) is 11.8 Å². The predicted octanol–water partition coefficient (Wildman–Crippen LogP) is 4.55. The summed E-state index contributed by atoms with van der Waals surface area (Å²) in [7, 11) is 0. The average molecular weight is 427 g/mol. The van der Waals surface area contributed by atoms with Crippen molar-refractivity contribution in [3.05, 3.63) is 0 Å². The van der Waals surface area contributed by atoms with Crippen molar-refractivity contribution in [3.8, 4) is 0 Å². The van der Waals surface area contributed by atoms with E-state index in [1.54, 1.807) is 19.2 Å². The molecule has 0 aromatic rings. The number of halogens is 7. The maximum Gasteiger partial charge on any atom is 0.459 e. The molecule has 2 unspecified atom stereocenters. The highest BCUT2D eigenvalue weighted by atomic mass is 19.4. The van der Waals surface area contributed by atoms with Crippen LogP contribution >= 0.6 is 0 Å². The van der Waals surface area contributed by atoms with E-state index in [9.17, 15) is 40.3 Å². The zero-order valence-corrected chi connectivity index (χ0v) is 16.2. The molecule has 0 heterocycles. The van der Waals surface area contributed by atoms with E-state index in [0.717, 1.165) is 0 Å². The SMILES string of the molecule is CC(C)COC(=O)C(NC(=O)OC(C)(C)C)C(C)C(F)(F)C(F)(F)C(F)(F)F. The molecule has 0 aromatic heterocycles. The van der Waals surface area contributed by atoms with Crippen LogP contribution in [0.5, 0.6) is 0 Å². The van der Waals surface area contributed by atoms with Crippen molar-refractivity contribution in [3.63, 3.8) is 0 Å². The Morgan fingerprint density at radius 2 is 1.39 bits per heavy atom. The lowest BCUT2D eigenvalue weighted by molar-refractivity contribution is -0.365. The van der Waals surface area contributed by atoms with Gasteiger partial charge in [-0.05, 0) is 26.7 Å². The predicted molar refractivity (Wildman–Crippen MR) is 84.1 cm³/mol. The van der Waals surface area contributed by atoms with Crippen molar-refractivity contribution in [2.75, 3.05) is 6.61 Å². The van der Waals surface area contributed by atoms with Crippen LogP contribution in [0.2, 0.25) is 0 Å². The molecule has 1 amide bonds. The Labute approximate surface area is 157 Å². The Hall–Kier alpha value is -1.75. The minimum absolute atomic E-state index is 0.276. The van der Waals surface area contributed by atoms with E-state index in [2.05, 4.69) is 4.74 Å². The van der Waals surface area contributed by atoms with Crippen molar-refractivity contribution >= 4 is 12.1 Å². The fourth-order valence-corrected chi connectivity index (χ4v) is 1.85. The Morgan fingerprint density at radius 1 is 0.929 bits per heavy atom. The topological polar surface area (TPSA) is 64.6 Å². The summed E-state index contributed by atoms with van der Waals surface area (Å²) in [5.41, 5.74) is -1.15. The highest BCUT2D eigenvalue weighted by molar-refractivity contribution is 5.82. The molecule has 166 valence electrons. The molecule has 0 saturated carbocycles. The van der Waals surface area contributed by atoms with Gasteiger partial charge in [0, 0.05) is 0 Å². The molecule has 0 fully saturated rings. The summed E-state index contributed by atoms with van der Waals surface area (Å²) in [5.74, 6) is -17.0. The Kier molecular flexibility index (Phi) is 8.18. The molecule has 0 aliphatic carbocycles. The number of alkyl halides is 7. The van der Waals surface area contributed by atoms with E-state index in [1.807, 2.05) is 0 Å². The third-order valence-corrected chi connectivity index (χ3v) is 3.33. The second-order valence-electron chi connectivity index (χ2n) is 7.63. The molecule has 0 aliphatic rings. The van der Waals surface area contributed by atoms with Crippen LogP contribution in [0.15, 0.2) is 0 Å². The Morgan fingerprint density at radius 3 is 1.75 bits per heavy atom. The molecule has 12 heteroatoms. The fourth-order valence-electron chi connectivity index (χ4n) is 1.85.